The summed E-state index contributed by atoms with van der Waals surface area (Å²) in [5.74, 6) is -1.31. The van der Waals surface area contributed by atoms with Gasteiger partial charge in [-0.05, 0) is 12.7 Å². The summed E-state index contributed by atoms with van der Waals surface area (Å²) in [6.45, 7) is 0. The van der Waals surface area contributed by atoms with Gasteiger partial charge in [-0.25, -0.2) is 4.79 Å². The number of rotatable bonds is 4. The maximum atomic E-state index is 11.4. The number of hydrogen-bond acceptors (Lipinski definition) is 4. The van der Waals surface area contributed by atoms with Gasteiger partial charge in [-0.15, -0.1) is 0 Å². The van der Waals surface area contributed by atoms with Gasteiger partial charge in [0.05, 0.1) is 18.6 Å². The van der Waals surface area contributed by atoms with Crippen LogP contribution in [0.4, 0.5) is 0 Å². The standard InChI is InChI=1S/C12H14O4.Na/c1-15-11(13)10(12(14)16-2)8-9-6-4-3-5-7-9;/h3-7,13H,8H2,1-2H3;/q;+1/p-1. The van der Waals surface area contributed by atoms with Crippen molar-refractivity contribution in [2.45, 2.75) is 6.42 Å². The molecule has 0 unspecified atom stereocenters. The Morgan fingerprint density at radius 2 is 1.76 bits per heavy atom. The zero-order chi connectivity index (χ0) is 12.0. The van der Waals surface area contributed by atoms with Gasteiger partial charge < -0.3 is 14.6 Å². The van der Waals surface area contributed by atoms with Gasteiger partial charge in [0.2, 0.25) is 0 Å². The Labute approximate surface area is 123 Å². The molecule has 4 nitrogen and oxygen atoms in total. The van der Waals surface area contributed by atoms with E-state index in [2.05, 4.69) is 9.47 Å². The summed E-state index contributed by atoms with van der Waals surface area (Å²) in [4.78, 5) is 11.4. The molecular weight excluding hydrogens is 231 g/mol. The van der Waals surface area contributed by atoms with E-state index in [-0.39, 0.29) is 41.6 Å². The molecule has 1 aromatic rings. The van der Waals surface area contributed by atoms with Crippen LogP contribution in [-0.4, -0.2) is 20.2 Å². The number of hydrogen-bond donors (Lipinski definition) is 0. The van der Waals surface area contributed by atoms with Crippen LogP contribution in [-0.2, 0) is 20.7 Å². The van der Waals surface area contributed by atoms with Crippen molar-refractivity contribution in [1.29, 1.82) is 0 Å². The smallest absolute Gasteiger partial charge is 0.616 e. The second kappa shape index (κ2) is 8.17. The zero-order valence-corrected chi connectivity index (χ0v) is 12.2. The van der Waals surface area contributed by atoms with Crippen LogP contribution in [0, 0.1) is 0 Å². The summed E-state index contributed by atoms with van der Waals surface area (Å²) in [5, 5.41) is 11.4. The van der Waals surface area contributed by atoms with Crippen LogP contribution in [0.3, 0.4) is 0 Å². The van der Waals surface area contributed by atoms with E-state index >= 15 is 0 Å². The van der Waals surface area contributed by atoms with Crippen molar-refractivity contribution in [2.75, 3.05) is 14.2 Å². The summed E-state index contributed by atoms with van der Waals surface area (Å²) in [7, 11) is 2.46. The third kappa shape index (κ3) is 4.81. The number of carbonyl (C=O) groups is 1. The molecule has 0 N–H and O–H groups in total. The molecule has 0 saturated heterocycles. The Kier molecular flexibility index (Phi) is 7.70. The second-order valence-electron chi connectivity index (χ2n) is 3.12. The SMILES string of the molecule is COC(=O)C(Cc1ccccc1)=C([O-])OC.[Na+]. The first kappa shape index (κ1) is 16.0. The van der Waals surface area contributed by atoms with Gasteiger partial charge >= 0.3 is 35.5 Å². The Bertz CT molecular complexity index is 387. The Balaban J connectivity index is 0.00000256. The third-order valence-corrected chi connectivity index (χ3v) is 2.09. The molecule has 1 aromatic carbocycles. The van der Waals surface area contributed by atoms with Crippen molar-refractivity contribution in [1.82, 2.24) is 0 Å². The van der Waals surface area contributed by atoms with Gasteiger partial charge in [0, 0.05) is 6.42 Å². The summed E-state index contributed by atoms with van der Waals surface area (Å²) in [5.41, 5.74) is 0.851. The summed E-state index contributed by atoms with van der Waals surface area (Å²) < 4.78 is 9.06. The van der Waals surface area contributed by atoms with Crippen molar-refractivity contribution >= 4 is 5.97 Å². The molecule has 0 aliphatic carbocycles. The van der Waals surface area contributed by atoms with Crippen molar-refractivity contribution in [3.63, 3.8) is 0 Å². The molecule has 0 amide bonds. The van der Waals surface area contributed by atoms with Gasteiger partial charge in [0.1, 0.15) is 0 Å². The minimum atomic E-state index is -0.657. The number of methoxy groups -OCH3 is 2. The van der Waals surface area contributed by atoms with Gasteiger partial charge in [0.25, 0.3) is 0 Å². The predicted molar refractivity (Wildman–Crippen MR) is 56.2 cm³/mol. The van der Waals surface area contributed by atoms with E-state index in [1.54, 1.807) is 0 Å². The van der Waals surface area contributed by atoms with Crippen molar-refractivity contribution in [3.05, 3.63) is 47.4 Å². The van der Waals surface area contributed by atoms with Gasteiger partial charge in [-0.3, -0.25) is 0 Å². The number of ether oxygens (including phenoxy) is 2. The average Bonchev–Trinajstić information content (AvgIpc) is 2.35. The van der Waals surface area contributed by atoms with Gasteiger partial charge in [-0.2, -0.15) is 0 Å². The van der Waals surface area contributed by atoms with E-state index in [0.717, 1.165) is 5.56 Å². The molecule has 1 rings (SSSR count). The molecule has 5 heteroatoms. The van der Waals surface area contributed by atoms with E-state index in [4.69, 9.17) is 0 Å². The fourth-order valence-electron chi connectivity index (χ4n) is 1.27. The molecule has 0 heterocycles. The predicted octanol–water partition coefficient (Wildman–Crippen LogP) is -2.38. The van der Waals surface area contributed by atoms with Gasteiger partial charge in [0.15, 0.2) is 0 Å². The number of carbonyl (C=O) groups excluding carboxylic acids is 1. The quantitative estimate of drug-likeness (QED) is 0.257. The minimum absolute atomic E-state index is 0. The molecule has 0 aromatic heterocycles. The summed E-state index contributed by atoms with van der Waals surface area (Å²) in [6, 6.07) is 9.18. The van der Waals surface area contributed by atoms with Crippen LogP contribution in [0.2, 0.25) is 0 Å². The maximum absolute atomic E-state index is 11.4. The number of esters is 1. The molecule has 0 radical (unpaired) electrons. The molecular formula is C12H13NaO4. The molecule has 86 valence electrons. The molecule has 0 spiro atoms. The van der Waals surface area contributed by atoms with Crippen LogP contribution in [0.1, 0.15) is 5.56 Å². The summed E-state index contributed by atoms with van der Waals surface area (Å²) >= 11 is 0. The van der Waals surface area contributed by atoms with Crippen LogP contribution in [0.25, 0.3) is 0 Å². The van der Waals surface area contributed by atoms with Crippen LogP contribution >= 0.6 is 0 Å². The van der Waals surface area contributed by atoms with Crippen LogP contribution in [0.5, 0.6) is 0 Å². The molecule has 0 aliphatic heterocycles. The minimum Gasteiger partial charge on any atom is -0.616 e. The Morgan fingerprint density at radius 3 is 2.24 bits per heavy atom. The third-order valence-electron chi connectivity index (χ3n) is 2.09. The second-order valence-corrected chi connectivity index (χ2v) is 3.12. The summed E-state index contributed by atoms with van der Waals surface area (Å²) in [6.07, 6.45) is 0.209. The van der Waals surface area contributed by atoms with Crippen LogP contribution < -0.4 is 34.7 Å². The Morgan fingerprint density at radius 1 is 1.18 bits per heavy atom. The van der Waals surface area contributed by atoms with E-state index in [0.29, 0.717) is 0 Å². The van der Waals surface area contributed by atoms with E-state index in [1.807, 2.05) is 30.3 Å². The van der Waals surface area contributed by atoms with Crippen LogP contribution in [0.15, 0.2) is 41.9 Å². The monoisotopic (exact) mass is 244 g/mol. The average molecular weight is 244 g/mol. The largest absolute Gasteiger partial charge is 1.00 e. The van der Waals surface area contributed by atoms with E-state index < -0.39 is 11.9 Å². The van der Waals surface area contributed by atoms with Crippen molar-refractivity contribution in [3.8, 4) is 0 Å². The molecule has 0 saturated carbocycles. The molecule has 0 bridgehead atoms. The first-order chi connectivity index (χ1) is 7.69. The Hall–Kier alpha value is -0.970. The van der Waals surface area contributed by atoms with E-state index in [9.17, 15) is 9.90 Å². The molecule has 0 atom stereocenters. The maximum Gasteiger partial charge on any atom is 1.00 e. The zero-order valence-electron chi connectivity index (χ0n) is 10.2. The number of benzene rings is 1. The normalized spacial score (nSPS) is 10.9. The van der Waals surface area contributed by atoms with Gasteiger partial charge in [-0.1, -0.05) is 30.3 Å². The fraction of sp³-hybridized carbons (Fsp3) is 0.250. The molecule has 17 heavy (non-hydrogen) atoms. The topological polar surface area (TPSA) is 58.6 Å². The fourth-order valence-corrected chi connectivity index (χ4v) is 1.27. The molecule has 0 fully saturated rings. The first-order valence-electron chi connectivity index (χ1n) is 4.75. The molecule has 0 aliphatic rings. The van der Waals surface area contributed by atoms with Crippen molar-refractivity contribution in [2.24, 2.45) is 0 Å². The van der Waals surface area contributed by atoms with E-state index in [1.165, 1.54) is 14.2 Å². The first-order valence-corrected chi connectivity index (χ1v) is 4.75. The van der Waals surface area contributed by atoms with Crippen molar-refractivity contribution < 1.29 is 48.9 Å².